The Morgan fingerprint density at radius 2 is 2.38 bits per heavy atom. The molecule has 5 nitrogen and oxygen atoms in total. The summed E-state index contributed by atoms with van der Waals surface area (Å²) in [5, 5.41) is 2.77. The molecule has 1 rings (SSSR count). The van der Waals surface area contributed by atoms with Crippen LogP contribution in [0.2, 0.25) is 5.02 Å². The van der Waals surface area contributed by atoms with Crippen molar-refractivity contribution in [2.24, 2.45) is 5.84 Å². The van der Waals surface area contributed by atoms with Gasteiger partial charge in [0, 0.05) is 13.2 Å². The van der Waals surface area contributed by atoms with E-state index in [4.69, 9.17) is 17.4 Å². The van der Waals surface area contributed by atoms with E-state index >= 15 is 0 Å². The first kappa shape index (κ1) is 9.76. The largest absolute Gasteiger partial charge is 0.355 e. The van der Waals surface area contributed by atoms with Gasteiger partial charge in [0.15, 0.2) is 5.82 Å². The smallest absolute Gasteiger partial charge is 0.252 e. The van der Waals surface area contributed by atoms with E-state index in [1.54, 1.807) is 0 Å². The fraction of sp³-hybridized carbons (Fsp3) is 0.143. The highest BCUT2D eigenvalue weighted by Crippen LogP contribution is 2.18. The minimum absolute atomic E-state index is 0.238. The molecule has 0 saturated heterocycles. The number of anilines is 1. The minimum Gasteiger partial charge on any atom is -0.355 e. The normalized spacial score (nSPS) is 9.46. The van der Waals surface area contributed by atoms with Crippen molar-refractivity contribution in [2.75, 3.05) is 12.5 Å². The third-order valence-corrected chi connectivity index (χ3v) is 1.76. The van der Waals surface area contributed by atoms with Gasteiger partial charge in [0.1, 0.15) is 0 Å². The molecule has 1 heterocycles. The Bertz CT molecular complexity index is 328. The molecule has 0 fully saturated rings. The lowest BCUT2D eigenvalue weighted by molar-refractivity contribution is 0.0963. The maximum Gasteiger partial charge on any atom is 0.252 e. The number of amides is 1. The molecule has 0 saturated carbocycles. The van der Waals surface area contributed by atoms with Gasteiger partial charge in [-0.15, -0.1) is 0 Å². The molecule has 0 aromatic carbocycles. The molecule has 0 atom stereocenters. The minimum atomic E-state index is -0.238. The van der Waals surface area contributed by atoms with Gasteiger partial charge >= 0.3 is 0 Å². The average molecular weight is 201 g/mol. The van der Waals surface area contributed by atoms with E-state index in [9.17, 15) is 4.79 Å². The number of hydrogen-bond donors (Lipinski definition) is 3. The molecule has 1 aromatic heterocycles. The van der Waals surface area contributed by atoms with Gasteiger partial charge < -0.3 is 10.7 Å². The lowest BCUT2D eigenvalue weighted by atomic mass is 10.2. The molecular weight excluding hydrogens is 192 g/mol. The maximum atomic E-state index is 11.1. The number of carbonyl (C=O) groups excluding carboxylic acids is 1. The van der Waals surface area contributed by atoms with E-state index in [0.29, 0.717) is 16.4 Å². The van der Waals surface area contributed by atoms with Crippen molar-refractivity contribution in [3.8, 4) is 0 Å². The summed E-state index contributed by atoms with van der Waals surface area (Å²) in [5.74, 6) is 5.22. The molecule has 0 bridgehead atoms. The lowest BCUT2D eigenvalue weighted by Gasteiger charge is -2.03. The van der Waals surface area contributed by atoms with Gasteiger partial charge in [-0.2, -0.15) is 0 Å². The third kappa shape index (κ3) is 2.07. The van der Waals surface area contributed by atoms with Gasteiger partial charge in [-0.05, 0) is 6.07 Å². The van der Waals surface area contributed by atoms with Crippen LogP contribution < -0.4 is 16.6 Å². The number of hydrogen-bond acceptors (Lipinski definition) is 4. The van der Waals surface area contributed by atoms with Crippen LogP contribution in [0.25, 0.3) is 0 Å². The summed E-state index contributed by atoms with van der Waals surface area (Å²) < 4.78 is 0. The van der Waals surface area contributed by atoms with Crippen LogP contribution in [0, 0.1) is 0 Å². The Labute approximate surface area is 80.3 Å². The summed E-state index contributed by atoms with van der Waals surface area (Å²) in [7, 11) is 1.53. The standard InChI is InChI=1S/C7H9ClN4O/c1-10-7(13)4-2-5(8)6(12-9)11-3-4/h2-3H,9H2,1H3,(H,10,13)(H,11,12). The molecule has 13 heavy (non-hydrogen) atoms. The van der Waals surface area contributed by atoms with Crippen molar-refractivity contribution in [2.45, 2.75) is 0 Å². The first-order valence-corrected chi connectivity index (χ1v) is 3.91. The van der Waals surface area contributed by atoms with Gasteiger partial charge in [0.25, 0.3) is 5.91 Å². The van der Waals surface area contributed by atoms with Crippen molar-refractivity contribution >= 4 is 23.3 Å². The number of halogens is 1. The van der Waals surface area contributed by atoms with Crippen LogP contribution in [-0.4, -0.2) is 17.9 Å². The highest BCUT2D eigenvalue weighted by atomic mass is 35.5. The fourth-order valence-corrected chi connectivity index (χ4v) is 1.03. The Morgan fingerprint density at radius 1 is 1.69 bits per heavy atom. The summed E-state index contributed by atoms with van der Waals surface area (Å²) in [4.78, 5) is 14.9. The van der Waals surface area contributed by atoms with Crippen molar-refractivity contribution in [3.05, 3.63) is 22.8 Å². The number of carbonyl (C=O) groups is 1. The Morgan fingerprint density at radius 3 is 2.85 bits per heavy atom. The quantitative estimate of drug-likeness (QED) is 0.476. The highest BCUT2D eigenvalue weighted by Gasteiger charge is 2.06. The SMILES string of the molecule is CNC(=O)c1cnc(NN)c(Cl)c1. The van der Waals surface area contributed by atoms with E-state index in [-0.39, 0.29) is 5.91 Å². The Balaban J connectivity index is 3.02. The Hall–Kier alpha value is -1.33. The summed E-state index contributed by atoms with van der Waals surface area (Å²) >= 11 is 5.75. The second kappa shape index (κ2) is 4.06. The van der Waals surface area contributed by atoms with Crippen LogP contribution in [0.1, 0.15) is 10.4 Å². The molecule has 0 aliphatic carbocycles. The first-order chi connectivity index (χ1) is 6.19. The van der Waals surface area contributed by atoms with Crippen LogP contribution in [0.3, 0.4) is 0 Å². The van der Waals surface area contributed by atoms with Crippen molar-refractivity contribution in [3.63, 3.8) is 0 Å². The summed E-state index contributed by atoms with van der Waals surface area (Å²) in [5.41, 5.74) is 2.70. The molecule has 0 spiro atoms. The zero-order chi connectivity index (χ0) is 9.84. The number of nitrogens with one attached hydrogen (secondary N) is 2. The molecular formula is C7H9ClN4O. The zero-order valence-electron chi connectivity index (χ0n) is 6.97. The van der Waals surface area contributed by atoms with E-state index in [1.165, 1.54) is 19.3 Å². The monoisotopic (exact) mass is 200 g/mol. The topological polar surface area (TPSA) is 80.0 Å². The molecule has 0 unspecified atom stereocenters. The second-order valence-corrected chi connectivity index (χ2v) is 2.69. The van der Waals surface area contributed by atoms with Gasteiger partial charge in [-0.25, -0.2) is 10.8 Å². The van der Waals surface area contributed by atoms with Crippen LogP contribution in [0.5, 0.6) is 0 Å². The average Bonchev–Trinajstić information content (AvgIpc) is 2.16. The Kier molecular flexibility index (Phi) is 3.05. The zero-order valence-corrected chi connectivity index (χ0v) is 7.72. The molecule has 70 valence electrons. The molecule has 6 heteroatoms. The number of nitrogens with two attached hydrogens (primary N) is 1. The van der Waals surface area contributed by atoms with E-state index < -0.39 is 0 Å². The molecule has 0 radical (unpaired) electrons. The van der Waals surface area contributed by atoms with Crippen molar-refractivity contribution in [1.82, 2.24) is 10.3 Å². The third-order valence-electron chi connectivity index (χ3n) is 1.47. The van der Waals surface area contributed by atoms with E-state index in [2.05, 4.69) is 15.7 Å². The van der Waals surface area contributed by atoms with Crippen LogP contribution >= 0.6 is 11.6 Å². The number of hydrazine groups is 1. The maximum absolute atomic E-state index is 11.1. The van der Waals surface area contributed by atoms with Crippen LogP contribution in [0.15, 0.2) is 12.3 Å². The molecule has 0 aliphatic rings. The molecule has 0 aliphatic heterocycles. The van der Waals surface area contributed by atoms with E-state index in [0.717, 1.165) is 0 Å². The predicted molar refractivity (Wildman–Crippen MR) is 50.4 cm³/mol. The van der Waals surface area contributed by atoms with Gasteiger partial charge in [0.05, 0.1) is 10.6 Å². The molecule has 1 amide bonds. The van der Waals surface area contributed by atoms with Crippen molar-refractivity contribution in [1.29, 1.82) is 0 Å². The summed E-state index contributed by atoms with van der Waals surface area (Å²) in [6.45, 7) is 0. The van der Waals surface area contributed by atoms with Gasteiger partial charge in [-0.3, -0.25) is 4.79 Å². The number of nitrogen functional groups attached to an aromatic ring is 1. The van der Waals surface area contributed by atoms with E-state index in [1.807, 2.05) is 0 Å². The van der Waals surface area contributed by atoms with Crippen LogP contribution in [-0.2, 0) is 0 Å². The molecule has 1 aromatic rings. The fourth-order valence-electron chi connectivity index (χ4n) is 0.813. The number of nitrogens with zero attached hydrogens (tertiary/aromatic N) is 1. The van der Waals surface area contributed by atoms with Gasteiger partial charge in [-0.1, -0.05) is 11.6 Å². The summed E-state index contributed by atoms with van der Waals surface area (Å²) in [6, 6.07) is 1.49. The first-order valence-electron chi connectivity index (χ1n) is 3.53. The van der Waals surface area contributed by atoms with Gasteiger partial charge in [0.2, 0.25) is 0 Å². The number of aromatic nitrogens is 1. The van der Waals surface area contributed by atoms with Crippen LogP contribution in [0.4, 0.5) is 5.82 Å². The lowest BCUT2D eigenvalue weighted by Crippen LogP contribution is -2.18. The summed E-state index contributed by atoms with van der Waals surface area (Å²) in [6.07, 6.45) is 1.39. The van der Waals surface area contributed by atoms with Crippen molar-refractivity contribution < 1.29 is 4.79 Å². The predicted octanol–water partition coefficient (Wildman–Crippen LogP) is 0.380. The number of pyridine rings is 1. The number of rotatable bonds is 2. The highest BCUT2D eigenvalue weighted by molar-refractivity contribution is 6.33. The second-order valence-electron chi connectivity index (χ2n) is 2.28. The molecule has 4 N–H and O–H groups in total.